The molecule has 1 aliphatic heterocycles. The van der Waals surface area contributed by atoms with E-state index in [4.69, 9.17) is 5.73 Å². The molecular formula is C20H25N3O. The van der Waals surface area contributed by atoms with E-state index in [0.29, 0.717) is 17.3 Å². The van der Waals surface area contributed by atoms with Gasteiger partial charge in [0.05, 0.1) is 11.3 Å². The van der Waals surface area contributed by atoms with E-state index in [-0.39, 0.29) is 0 Å². The van der Waals surface area contributed by atoms with Gasteiger partial charge in [0, 0.05) is 17.3 Å². The predicted molar refractivity (Wildman–Crippen MR) is 96.9 cm³/mol. The van der Waals surface area contributed by atoms with Gasteiger partial charge in [-0.3, -0.25) is 14.7 Å². The van der Waals surface area contributed by atoms with E-state index in [1.54, 1.807) is 0 Å². The van der Waals surface area contributed by atoms with Crippen molar-refractivity contribution in [3.05, 3.63) is 52.7 Å². The number of amides is 1. The number of primary amides is 1. The number of hydrogen-bond donors (Lipinski definition) is 1. The van der Waals surface area contributed by atoms with Crippen molar-refractivity contribution in [2.24, 2.45) is 5.73 Å². The number of nitrogens with two attached hydrogens (primary N) is 1. The highest BCUT2D eigenvalue weighted by molar-refractivity contribution is 6.00. The standard InChI is InChI=1S/C20H25N3O/c1-13-11-14(2)22-19(18(13)20(21)24)17-8-6-7-16(12-17)15(3)23-9-4-5-10-23/h6-8,11-12,15H,4-5,9-10H2,1-3H3,(H2,21,24). The normalized spacial score (nSPS) is 16.3. The number of nitrogens with zero attached hydrogens (tertiary/aromatic N) is 2. The van der Waals surface area contributed by atoms with Crippen molar-refractivity contribution in [3.63, 3.8) is 0 Å². The summed E-state index contributed by atoms with van der Waals surface area (Å²) in [6, 6.07) is 10.6. The molecular weight excluding hydrogens is 298 g/mol. The molecule has 2 heterocycles. The van der Waals surface area contributed by atoms with Crippen molar-refractivity contribution in [3.8, 4) is 11.3 Å². The third-order valence-corrected chi connectivity index (χ3v) is 4.92. The minimum absolute atomic E-state index is 0.371. The highest BCUT2D eigenvalue weighted by Gasteiger charge is 2.21. The molecule has 1 amide bonds. The topological polar surface area (TPSA) is 59.2 Å². The number of carbonyl (C=O) groups excluding carboxylic acids is 1. The SMILES string of the molecule is Cc1cc(C)c(C(N)=O)c(-c2cccc(C(C)N3CCCC3)c2)n1. The van der Waals surface area contributed by atoms with E-state index < -0.39 is 5.91 Å². The number of benzene rings is 1. The second kappa shape index (κ2) is 6.73. The molecule has 2 N–H and O–H groups in total. The lowest BCUT2D eigenvalue weighted by molar-refractivity contribution is 0.1000. The van der Waals surface area contributed by atoms with Gasteiger partial charge in [-0.15, -0.1) is 0 Å². The summed E-state index contributed by atoms with van der Waals surface area (Å²) in [5.41, 5.74) is 10.8. The molecule has 1 unspecified atom stereocenters. The van der Waals surface area contributed by atoms with Crippen LogP contribution in [0.25, 0.3) is 11.3 Å². The fourth-order valence-electron chi connectivity index (χ4n) is 3.64. The van der Waals surface area contributed by atoms with Crippen LogP contribution in [0.2, 0.25) is 0 Å². The monoisotopic (exact) mass is 323 g/mol. The average Bonchev–Trinajstić information content (AvgIpc) is 3.07. The molecule has 0 spiro atoms. The van der Waals surface area contributed by atoms with Crippen molar-refractivity contribution in [2.75, 3.05) is 13.1 Å². The fraction of sp³-hybridized carbons (Fsp3) is 0.400. The average molecular weight is 323 g/mol. The Labute approximate surface area is 143 Å². The Kier molecular flexibility index (Phi) is 4.67. The van der Waals surface area contributed by atoms with Crippen molar-refractivity contribution >= 4 is 5.91 Å². The summed E-state index contributed by atoms with van der Waals surface area (Å²) in [6.45, 7) is 8.40. The van der Waals surface area contributed by atoms with Gasteiger partial charge < -0.3 is 5.73 Å². The number of likely N-dealkylation sites (tertiary alicyclic amines) is 1. The highest BCUT2D eigenvalue weighted by Crippen LogP contribution is 2.30. The van der Waals surface area contributed by atoms with Crippen LogP contribution in [0.5, 0.6) is 0 Å². The Morgan fingerprint density at radius 1 is 1.21 bits per heavy atom. The number of aryl methyl sites for hydroxylation is 2. The van der Waals surface area contributed by atoms with Crippen LogP contribution in [0.3, 0.4) is 0 Å². The molecule has 4 heteroatoms. The summed E-state index contributed by atoms with van der Waals surface area (Å²) in [7, 11) is 0. The first-order valence-electron chi connectivity index (χ1n) is 8.60. The molecule has 0 radical (unpaired) electrons. The van der Waals surface area contributed by atoms with Gasteiger partial charge in [-0.25, -0.2) is 0 Å². The second-order valence-corrected chi connectivity index (χ2v) is 6.71. The molecule has 2 aromatic rings. The minimum Gasteiger partial charge on any atom is -0.366 e. The zero-order valence-electron chi connectivity index (χ0n) is 14.7. The molecule has 1 aromatic heterocycles. The molecule has 24 heavy (non-hydrogen) atoms. The molecule has 1 aliphatic rings. The van der Waals surface area contributed by atoms with Gasteiger partial charge in [-0.2, -0.15) is 0 Å². The number of aromatic nitrogens is 1. The fourth-order valence-corrected chi connectivity index (χ4v) is 3.64. The lowest BCUT2D eigenvalue weighted by Gasteiger charge is -2.24. The zero-order valence-corrected chi connectivity index (χ0v) is 14.7. The Balaban J connectivity index is 2.04. The largest absolute Gasteiger partial charge is 0.366 e. The van der Waals surface area contributed by atoms with Gasteiger partial charge in [0.2, 0.25) is 0 Å². The van der Waals surface area contributed by atoms with E-state index >= 15 is 0 Å². The maximum Gasteiger partial charge on any atom is 0.251 e. The van der Waals surface area contributed by atoms with E-state index in [0.717, 1.165) is 29.9 Å². The Morgan fingerprint density at radius 2 is 1.92 bits per heavy atom. The van der Waals surface area contributed by atoms with Crippen molar-refractivity contribution < 1.29 is 4.79 Å². The Morgan fingerprint density at radius 3 is 2.58 bits per heavy atom. The first-order chi connectivity index (χ1) is 11.5. The lowest BCUT2D eigenvalue weighted by atomic mass is 9.97. The zero-order chi connectivity index (χ0) is 17.3. The predicted octanol–water partition coefficient (Wildman–Crippen LogP) is 3.62. The van der Waals surface area contributed by atoms with E-state index in [9.17, 15) is 4.79 Å². The molecule has 126 valence electrons. The van der Waals surface area contributed by atoms with Gasteiger partial charge in [-0.1, -0.05) is 18.2 Å². The molecule has 0 saturated carbocycles. The van der Waals surface area contributed by atoms with Crippen LogP contribution in [-0.4, -0.2) is 28.9 Å². The van der Waals surface area contributed by atoms with E-state index in [1.807, 2.05) is 32.0 Å². The minimum atomic E-state index is -0.423. The molecule has 1 aromatic carbocycles. The molecule has 1 atom stereocenters. The first-order valence-corrected chi connectivity index (χ1v) is 8.60. The van der Waals surface area contributed by atoms with Crippen LogP contribution in [0.15, 0.2) is 30.3 Å². The lowest BCUT2D eigenvalue weighted by Crippen LogP contribution is -2.23. The molecule has 0 aliphatic carbocycles. The summed E-state index contributed by atoms with van der Waals surface area (Å²) in [5.74, 6) is -0.423. The van der Waals surface area contributed by atoms with Crippen LogP contribution >= 0.6 is 0 Å². The number of carbonyl (C=O) groups is 1. The molecule has 0 bridgehead atoms. The maximum absolute atomic E-state index is 11.9. The highest BCUT2D eigenvalue weighted by atomic mass is 16.1. The summed E-state index contributed by atoms with van der Waals surface area (Å²) < 4.78 is 0. The van der Waals surface area contributed by atoms with Crippen LogP contribution in [-0.2, 0) is 0 Å². The first kappa shape index (κ1) is 16.7. The van der Waals surface area contributed by atoms with Crippen LogP contribution in [0.4, 0.5) is 0 Å². The summed E-state index contributed by atoms with van der Waals surface area (Å²) in [4.78, 5) is 19.0. The van der Waals surface area contributed by atoms with Gasteiger partial charge >= 0.3 is 0 Å². The van der Waals surface area contributed by atoms with Crippen LogP contribution < -0.4 is 5.73 Å². The van der Waals surface area contributed by atoms with E-state index in [1.165, 1.54) is 18.4 Å². The van der Waals surface area contributed by atoms with E-state index in [2.05, 4.69) is 28.9 Å². The third kappa shape index (κ3) is 3.20. The third-order valence-electron chi connectivity index (χ3n) is 4.92. The van der Waals surface area contributed by atoms with Gasteiger partial charge in [0.15, 0.2) is 0 Å². The maximum atomic E-state index is 11.9. The van der Waals surface area contributed by atoms with Gasteiger partial charge in [0.1, 0.15) is 0 Å². The second-order valence-electron chi connectivity index (χ2n) is 6.71. The smallest absolute Gasteiger partial charge is 0.251 e. The van der Waals surface area contributed by atoms with Crippen molar-refractivity contribution in [1.29, 1.82) is 0 Å². The van der Waals surface area contributed by atoms with Crippen LogP contribution in [0, 0.1) is 13.8 Å². The molecule has 4 nitrogen and oxygen atoms in total. The molecule has 1 saturated heterocycles. The van der Waals surface area contributed by atoms with Gasteiger partial charge in [0.25, 0.3) is 5.91 Å². The Bertz CT molecular complexity index is 763. The summed E-state index contributed by atoms with van der Waals surface area (Å²) in [6.07, 6.45) is 2.54. The summed E-state index contributed by atoms with van der Waals surface area (Å²) >= 11 is 0. The molecule has 3 rings (SSSR count). The number of pyridine rings is 1. The quantitative estimate of drug-likeness (QED) is 0.935. The Hall–Kier alpha value is -2.20. The number of rotatable bonds is 4. The van der Waals surface area contributed by atoms with Gasteiger partial charge in [-0.05, 0) is 70.0 Å². The number of hydrogen-bond acceptors (Lipinski definition) is 3. The van der Waals surface area contributed by atoms with Crippen molar-refractivity contribution in [1.82, 2.24) is 9.88 Å². The summed E-state index contributed by atoms with van der Waals surface area (Å²) in [5, 5.41) is 0. The van der Waals surface area contributed by atoms with Crippen LogP contribution in [0.1, 0.15) is 53.0 Å². The van der Waals surface area contributed by atoms with Crippen molar-refractivity contribution in [2.45, 2.75) is 39.7 Å². The molecule has 1 fully saturated rings.